The van der Waals surface area contributed by atoms with Gasteiger partial charge in [0, 0.05) is 31.5 Å². The third-order valence-corrected chi connectivity index (χ3v) is 4.44. The summed E-state index contributed by atoms with van der Waals surface area (Å²) in [6.45, 7) is 3.65. The first kappa shape index (κ1) is 16.4. The molecule has 2 aromatic rings. The van der Waals surface area contributed by atoms with Crippen LogP contribution in [0.3, 0.4) is 0 Å². The van der Waals surface area contributed by atoms with Crippen LogP contribution in [0.1, 0.15) is 48.7 Å². The zero-order valence-corrected chi connectivity index (χ0v) is 14.0. The van der Waals surface area contributed by atoms with Gasteiger partial charge in [0.1, 0.15) is 11.5 Å². The molecule has 6 nitrogen and oxygen atoms in total. The molecule has 1 aliphatic heterocycles. The monoisotopic (exact) mass is 325 g/mol. The van der Waals surface area contributed by atoms with Crippen molar-refractivity contribution in [2.24, 2.45) is 0 Å². The Morgan fingerprint density at radius 1 is 1.29 bits per heavy atom. The molecule has 126 valence electrons. The number of piperidine rings is 1. The zero-order chi connectivity index (χ0) is 16.8. The van der Waals surface area contributed by atoms with E-state index in [1.807, 2.05) is 12.1 Å². The molecule has 2 aromatic heterocycles. The van der Waals surface area contributed by atoms with Crippen molar-refractivity contribution in [1.29, 1.82) is 0 Å². The standard InChI is InChI=1S/C18H23N5O/c1-2-15-7-3-4-9-23(15)17-13-20-16(12-21-17)18(24)22-11-14-6-5-8-19-10-14/h5-6,8,10,12-13,15H,2-4,7,9,11H2,1H3,(H,22,24). The summed E-state index contributed by atoms with van der Waals surface area (Å²) in [5.41, 5.74) is 1.29. The Morgan fingerprint density at radius 3 is 2.92 bits per heavy atom. The van der Waals surface area contributed by atoms with E-state index in [2.05, 4.69) is 32.1 Å². The third-order valence-electron chi connectivity index (χ3n) is 4.44. The van der Waals surface area contributed by atoms with E-state index < -0.39 is 0 Å². The third kappa shape index (κ3) is 3.88. The summed E-state index contributed by atoms with van der Waals surface area (Å²) in [6, 6.07) is 4.29. The van der Waals surface area contributed by atoms with Gasteiger partial charge in [-0.15, -0.1) is 0 Å². The maximum absolute atomic E-state index is 12.2. The van der Waals surface area contributed by atoms with Crippen LogP contribution in [0.25, 0.3) is 0 Å². The highest BCUT2D eigenvalue weighted by Crippen LogP contribution is 2.24. The van der Waals surface area contributed by atoms with Crippen molar-refractivity contribution in [3.8, 4) is 0 Å². The molecule has 1 fully saturated rings. The van der Waals surface area contributed by atoms with Gasteiger partial charge in [-0.1, -0.05) is 13.0 Å². The fourth-order valence-electron chi connectivity index (χ4n) is 3.09. The van der Waals surface area contributed by atoms with Gasteiger partial charge < -0.3 is 10.2 Å². The number of hydrogen-bond acceptors (Lipinski definition) is 5. The van der Waals surface area contributed by atoms with Crippen LogP contribution in [0.15, 0.2) is 36.9 Å². The number of nitrogens with one attached hydrogen (secondary N) is 1. The number of pyridine rings is 1. The van der Waals surface area contributed by atoms with E-state index in [4.69, 9.17) is 0 Å². The predicted molar refractivity (Wildman–Crippen MR) is 92.7 cm³/mol. The summed E-state index contributed by atoms with van der Waals surface area (Å²) < 4.78 is 0. The van der Waals surface area contributed by atoms with Crippen molar-refractivity contribution in [2.45, 2.75) is 45.2 Å². The van der Waals surface area contributed by atoms with E-state index >= 15 is 0 Å². The molecule has 6 heteroatoms. The van der Waals surface area contributed by atoms with E-state index in [0.717, 1.165) is 24.3 Å². The number of amides is 1. The molecule has 0 saturated carbocycles. The topological polar surface area (TPSA) is 71.0 Å². The van der Waals surface area contributed by atoms with Gasteiger partial charge in [-0.25, -0.2) is 9.97 Å². The smallest absolute Gasteiger partial charge is 0.271 e. The summed E-state index contributed by atoms with van der Waals surface area (Å²) in [4.78, 5) is 27.3. The Morgan fingerprint density at radius 2 is 2.21 bits per heavy atom. The minimum absolute atomic E-state index is 0.219. The van der Waals surface area contributed by atoms with Crippen LogP contribution in [-0.2, 0) is 6.54 Å². The molecule has 1 unspecified atom stereocenters. The van der Waals surface area contributed by atoms with E-state index in [1.165, 1.54) is 19.3 Å². The van der Waals surface area contributed by atoms with Crippen molar-refractivity contribution in [3.63, 3.8) is 0 Å². The summed E-state index contributed by atoms with van der Waals surface area (Å²) in [5, 5.41) is 2.84. The van der Waals surface area contributed by atoms with E-state index in [9.17, 15) is 4.79 Å². The minimum atomic E-state index is -0.219. The maximum atomic E-state index is 12.2. The second-order valence-corrected chi connectivity index (χ2v) is 6.06. The summed E-state index contributed by atoms with van der Waals surface area (Å²) in [5.74, 6) is 0.647. The normalized spacial score (nSPS) is 17.5. The molecular weight excluding hydrogens is 302 g/mol. The van der Waals surface area contributed by atoms with Crippen LogP contribution < -0.4 is 10.2 Å². The zero-order valence-electron chi connectivity index (χ0n) is 14.0. The first-order valence-electron chi connectivity index (χ1n) is 8.53. The Labute approximate surface area is 142 Å². The van der Waals surface area contributed by atoms with Crippen LogP contribution in [0.2, 0.25) is 0 Å². The molecule has 0 radical (unpaired) electrons. The van der Waals surface area contributed by atoms with Gasteiger partial charge in [-0.05, 0) is 37.3 Å². The van der Waals surface area contributed by atoms with Gasteiger partial charge in [0.05, 0.1) is 12.4 Å². The van der Waals surface area contributed by atoms with Crippen molar-refractivity contribution in [3.05, 3.63) is 48.2 Å². The van der Waals surface area contributed by atoms with Gasteiger partial charge >= 0.3 is 0 Å². The number of rotatable bonds is 5. The molecule has 3 heterocycles. The number of carbonyl (C=O) groups excluding carboxylic acids is 1. The van der Waals surface area contributed by atoms with Crippen LogP contribution in [0, 0.1) is 0 Å². The summed E-state index contributed by atoms with van der Waals surface area (Å²) >= 11 is 0. The van der Waals surface area contributed by atoms with Crippen LogP contribution in [-0.4, -0.2) is 33.4 Å². The highest BCUT2D eigenvalue weighted by Gasteiger charge is 2.22. The van der Waals surface area contributed by atoms with Crippen molar-refractivity contribution >= 4 is 11.7 Å². The lowest BCUT2D eigenvalue weighted by molar-refractivity contribution is 0.0945. The van der Waals surface area contributed by atoms with Crippen LogP contribution in [0.4, 0.5) is 5.82 Å². The molecule has 0 aliphatic carbocycles. The number of nitrogens with zero attached hydrogens (tertiary/aromatic N) is 4. The highest BCUT2D eigenvalue weighted by molar-refractivity contribution is 5.91. The number of hydrogen-bond donors (Lipinski definition) is 1. The molecule has 1 atom stereocenters. The van der Waals surface area contributed by atoms with E-state index in [1.54, 1.807) is 24.8 Å². The van der Waals surface area contributed by atoms with Crippen LogP contribution in [0.5, 0.6) is 0 Å². The molecule has 1 saturated heterocycles. The first-order chi connectivity index (χ1) is 11.8. The molecular formula is C18H23N5O. The van der Waals surface area contributed by atoms with Gasteiger partial charge in [0.2, 0.25) is 0 Å². The molecule has 3 rings (SSSR count). The lowest BCUT2D eigenvalue weighted by atomic mass is 10.0. The van der Waals surface area contributed by atoms with Gasteiger partial charge in [0.25, 0.3) is 5.91 Å². The first-order valence-corrected chi connectivity index (χ1v) is 8.53. The fraction of sp³-hybridized carbons (Fsp3) is 0.444. The molecule has 0 aromatic carbocycles. The SMILES string of the molecule is CCC1CCCCN1c1cnc(C(=O)NCc2cccnc2)cn1. The van der Waals surface area contributed by atoms with Crippen LogP contribution >= 0.6 is 0 Å². The number of aromatic nitrogens is 3. The van der Waals surface area contributed by atoms with Crippen molar-refractivity contribution in [2.75, 3.05) is 11.4 Å². The lowest BCUT2D eigenvalue weighted by Crippen LogP contribution is -2.39. The molecule has 1 amide bonds. The average Bonchev–Trinajstić information content (AvgIpc) is 2.67. The van der Waals surface area contributed by atoms with Gasteiger partial charge in [0.15, 0.2) is 0 Å². The number of anilines is 1. The number of carbonyl (C=O) groups is 1. The molecule has 24 heavy (non-hydrogen) atoms. The maximum Gasteiger partial charge on any atom is 0.271 e. The van der Waals surface area contributed by atoms with Crippen molar-refractivity contribution in [1.82, 2.24) is 20.3 Å². The second-order valence-electron chi connectivity index (χ2n) is 6.06. The second kappa shape index (κ2) is 7.86. The summed E-state index contributed by atoms with van der Waals surface area (Å²) in [6.07, 6.45) is 11.5. The molecule has 1 N–H and O–H groups in total. The van der Waals surface area contributed by atoms with Crippen molar-refractivity contribution < 1.29 is 4.79 Å². The quantitative estimate of drug-likeness (QED) is 0.915. The molecule has 0 spiro atoms. The Bertz CT molecular complexity index is 659. The lowest BCUT2D eigenvalue weighted by Gasteiger charge is -2.35. The Balaban J connectivity index is 1.62. The largest absolute Gasteiger partial charge is 0.352 e. The fourth-order valence-corrected chi connectivity index (χ4v) is 3.09. The summed E-state index contributed by atoms with van der Waals surface area (Å²) in [7, 11) is 0. The Kier molecular flexibility index (Phi) is 5.36. The molecule has 1 aliphatic rings. The minimum Gasteiger partial charge on any atom is -0.352 e. The van der Waals surface area contributed by atoms with E-state index in [-0.39, 0.29) is 5.91 Å². The molecule has 0 bridgehead atoms. The predicted octanol–water partition coefficient (Wildman–Crippen LogP) is 2.57. The average molecular weight is 325 g/mol. The van der Waals surface area contributed by atoms with Gasteiger partial charge in [-0.2, -0.15) is 0 Å². The Hall–Kier alpha value is -2.50. The van der Waals surface area contributed by atoms with Gasteiger partial charge in [-0.3, -0.25) is 9.78 Å². The van der Waals surface area contributed by atoms with E-state index in [0.29, 0.717) is 18.3 Å². The highest BCUT2D eigenvalue weighted by atomic mass is 16.1.